The Hall–Kier alpha value is -3.10. The zero-order chi connectivity index (χ0) is 26.1. The van der Waals surface area contributed by atoms with Gasteiger partial charge in [0.15, 0.2) is 0 Å². The number of ether oxygens (including phenoxy) is 4. The van der Waals surface area contributed by atoms with Crippen molar-refractivity contribution in [3.8, 4) is 0 Å². The van der Waals surface area contributed by atoms with E-state index in [-0.39, 0.29) is 37.2 Å². The topological polar surface area (TPSA) is 108 Å². The van der Waals surface area contributed by atoms with Gasteiger partial charge in [0.25, 0.3) is 0 Å². The van der Waals surface area contributed by atoms with Gasteiger partial charge < -0.3 is 23.8 Å². The average molecular weight is 492 g/mol. The number of rotatable bonds is 9. The lowest BCUT2D eigenvalue weighted by molar-refractivity contribution is -0.185. The minimum Gasteiger partial charge on any atom is -0.463 e. The summed E-state index contributed by atoms with van der Waals surface area (Å²) in [4.78, 5) is 52.9. The van der Waals surface area contributed by atoms with Crippen molar-refractivity contribution in [1.82, 2.24) is 4.90 Å². The molecule has 0 aliphatic carbocycles. The van der Waals surface area contributed by atoms with Crippen LogP contribution in [0.3, 0.4) is 0 Å². The molecule has 194 valence electrons. The van der Waals surface area contributed by atoms with Gasteiger partial charge >= 0.3 is 29.6 Å². The van der Waals surface area contributed by atoms with Gasteiger partial charge in [-0.3, -0.25) is 0 Å². The molecule has 0 N–H and O–H groups in total. The molecular weight excluding hydrogens is 454 g/mol. The predicted octanol–water partition coefficient (Wildman–Crippen LogP) is 4.14. The number of esters is 3. The lowest BCUT2D eigenvalue weighted by Gasteiger charge is -2.35. The molecule has 2 rings (SSSR count). The summed E-state index contributed by atoms with van der Waals surface area (Å²) in [6.07, 6.45) is 1.28. The van der Waals surface area contributed by atoms with Crippen molar-refractivity contribution < 1.29 is 38.1 Å². The molecule has 1 saturated heterocycles. The van der Waals surface area contributed by atoms with Gasteiger partial charge in [-0.2, -0.15) is 0 Å². The third kappa shape index (κ3) is 7.97. The Balaban J connectivity index is 2.16. The van der Waals surface area contributed by atoms with Gasteiger partial charge in [-0.05, 0) is 71.9 Å². The molecular formula is C26H37NO8. The Bertz CT molecular complexity index is 851. The van der Waals surface area contributed by atoms with E-state index in [1.165, 1.54) is 12.1 Å². The average Bonchev–Trinajstić information content (AvgIpc) is 2.81. The monoisotopic (exact) mass is 491 g/mol. The number of nitrogens with zero attached hydrogens (tertiary/aromatic N) is 1. The van der Waals surface area contributed by atoms with Gasteiger partial charge in [-0.1, -0.05) is 18.2 Å². The molecule has 1 aromatic rings. The fourth-order valence-electron chi connectivity index (χ4n) is 3.85. The molecule has 0 spiro atoms. The van der Waals surface area contributed by atoms with Crippen LogP contribution >= 0.6 is 0 Å². The maximum Gasteiger partial charge on any atom is 0.410 e. The van der Waals surface area contributed by atoms with Crippen LogP contribution < -0.4 is 0 Å². The molecule has 1 amide bonds. The second-order valence-electron chi connectivity index (χ2n) is 9.47. The van der Waals surface area contributed by atoms with Gasteiger partial charge in [0.2, 0.25) is 0 Å². The van der Waals surface area contributed by atoms with Crippen LogP contribution in [0.15, 0.2) is 30.3 Å². The van der Waals surface area contributed by atoms with E-state index in [0.717, 1.165) is 0 Å². The number of piperidine rings is 1. The fourth-order valence-corrected chi connectivity index (χ4v) is 3.85. The Labute approximate surface area is 207 Å². The lowest BCUT2D eigenvalue weighted by Crippen LogP contribution is -2.53. The maximum absolute atomic E-state index is 13.0. The van der Waals surface area contributed by atoms with Crippen molar-refractivity contribution in [3.05, 3.63) is 35.9 Å². The van der Waals surface area contributed by atoms with E-state index in [1.54, 1.807) is 36.9 Å². The smallest absolute Gasteiger partial charge is 0.410 e. The first-order valence-corrected chi connectivity index (χ1v) is 12.1. The van der Waals surface area contributed by atoms with Gasteiger partial charge in [-0.25, -0.2) is 19.2 Å². The minimum atomic E-state index is -2.21. The first-order valence-electron chi connectivity index (χ1n) is 12.1. The standard InChI is InChI=1S/C26H37NO8/c1-6-32-22(29)26(23(30)33-7-2,34-21(28)20-11-9-8-10-12-20)16-13-19-14-17-27(18-15-19)24(31)35-25(3,4)5/h8-12,19H,6-7,13-18H2,1-5H3. The molecule has 9 heteroatoms. The Morgan fingerprint density at radius 1 is 0.886 bits per heavy atom. The molecule has 1 aromatic carbocycles. The third-order valence-corrected chi connectivity index (χ3v) is 5.66. The van der Waals surface area contributed by atoms with Crippen molar-refractivity contribution in [2.45, 2.75) is 71.5 Å². The first-order chi connectivity index (χ1) is 16.5. The van der Waals surface area contributed by atoms with E-state index in [1.807, 2.05) is 20.8 Å². The minimum absolute atomic E-state index is 0.0111. The summed E-state index contributed by atoms with van der Waals surface area (Å²) in [7, 11) is 0. The molecule has 0 unspecified atom stereocenters. The quantitative estimate of drug-likeness (QED) is 0.288. The Morgan fingerprint density at radius 2 is 1.43 bits per heavy atom. The Kier molecular flexibility index (Phi) is 10.1. The summed E-state index contributed by atoms with van der Waals surface area (Å²) in [5.41, 5.74) is -2.58. The third-order valence-electron chi connectivity index (χ3n) is 5.66. The molecule has 0 bridgehead atoms. The highest BCUT2D eigenvalue weighted by Gasteiger charge is 2.53. The second-order valence-corrected chi connectivity index (χ2v) is 9.47. The molecule has 0 radical (unpaired) electrons. The molecule has 0 aromatic heterocycles. The zero-order valence-electron chi connectivity index (χ0n) is 21.3. The van der Waals surface area contributed by atoms with Crippen LogP contribution in [0.1, 0.15) is 70.7 Å². The zero-order valence-corrected chi connectivity index (χ0v) is 21.3. The van der Waals surface area contributed by atoms with E-state index in [0.29, 0.717) is 32.4 Å². The second kappa shape index (κ2) is 12.6. The summed E-state index contributed by atoms with van der Waals surface area (Å²) in [5, 5.41) is 0. The molecule has 35 heavy (non-hydrogen) atoms. The van der Waals surface area contributed by atoms with Crippen LogP contribution in [0.4, 0.5) is 4.79 Å². The first kappa shape index (κ1) is 28.1. The molecule has 0 saturated carbocycles. The molecule has 0 atom stereocenters. The number of amides is 1. The predicted molar refractivity (Wildman–Crippen MR) is 128 cm³/mol. The van der Waals surface area contributed by atoms with E-state index in [4.69, 9.17) is 18.9 Å². The molecule has 1 aliphatic heterocycles. The molecule has 9 nitrogen and oxygen atoms in total. The van der Waals surface area contributed by atoms with Gasteiger partial charge in [0.1, 0.15) is 5.60 Å². The van der Waals surface area contributed by atoms with E-state index in [2.05, 4.69) is 0 Å². The number of likely N-dealkylation sites (tertiary alicyclic amines) is 1. The van der Waals surface area contributed by atoms with Crippen LogP contribution in [-0.4, -0.2) is 66.4 Å². The molecule has 1 fully saturated rings. The number of hydrogen-bond donors (Lipinski definition) is 0. The van der Waals surface area contributed by atoms with Crippen LogP contribution in [0.25, 0.3) is 0 Å². The van der Waals surface area contributed by atoms with Crippen LogP contribution in [0.2, 0.25) is 0 Å². The van der Waals surface area contributed by atoms with Crippen molar-refractivity contribution in [2.75, 3.05) is 26.3 Å². The lowest BCUT2D eigenvalue weighted by atomic mass is 9.86. The van der Waals surface area contributed by atoms with Crippen molar-refractivity contribution >= 4 is 24.0 Å². The van der Waals surface area contributed by atoms with E-state index in [9.17, 15) is 19.2 Å². The summed E-state index contributed by atoms with van der Waals surface area (Å²) < 4.78 is 21.3. The largest absolute Gasteiger partial charge is 0.463 e. The number of carbonyl (C=O) groups is 4. The van der Waals surface area contributed by atoms with Crippen molar-refractivity contribution in [3.63, 3.8) is 0 Å². The fraction of sp³-hybridized carbons (Fsp3) is 0.615. The highest BCUT2D eigenvalue weighted by atomic mass is 16.6. The number of carbonyl (C=O) groups excluding carboxylic acids is 4. The van der Waals surface area contributed by atoms with Gasteiger partial charge in [0.05, 0.1) is 18.8 Å². The van der Waals surface area contributed by atoms with Gasteiger partial charge in [0, 0.05) is 19.5 Å². The maximum atomic E-state index is 13.0. The van der Waals surface area contributed by atoms with Crippen molar-refractivity contribution in [1.29, 1.82) is 0 Å². The normalized spacial score (nSPS) is 14.7. The highest BCUT2D eigenvalue weighted by Crippen LogP contribution is 2.31. The molecule has 1 aliphatic rings. The van der Waals surface area contributed by atoms with Gasteiger partial charge in [-0.15, -0.1) is 0 Å². The van der Waals surface area contributed by atoms with Crippen LogP contribution in [0, 0.1) is 5.92 Å². The summed E-state index contributed by atoms with van der Waals surface area (Å²) in [5.74, 6) is -2.61. The number of hydrogen-bond acceptors (Lipinski definition) is 8. The Morgan fingerprint density at radius 3 is 1.91 bits per heavy atom. The van der Waals surface area contributed by atoms with Crippen molar-refractivity contribution in [2.24, 2.45) is 5.92 Å². The van der Waals surface area contributed by atoms with Crippen LogP contribution in [0.5, 0.6) is 0 Å². The SMILES string of the molecule is CCOC(=O)C(CCC1CCN(C(=O)OC(C)(C)C)CC1)(OC(=O)c1ccccc1)C(=O)OCC. The van der Waals surface area contributed by atoms with Crippen LogP contribution in [-0.2, 0) is 28.5 Å². The summed E-state index contributed by atoms with van der Waals surface area (Å²) in [6.45, 7) is 9.69. The van der Waals surface area contributed by atoms with E-state index < -0.39 is 29.1 Å². The molecule has 1 heterocycles. The summed E-state index contributed by atoms with van der Waals surface area (Å²) in [6, 6.07) is 8.13. The highest BCUT2D eigenvalue weighted by molar-refractivity contribution is 6.06. The van der Waals surface area contributed by atoms with E-state index >= 15 is 0 Å². The number of benzene rings is 1. The summed E-state index contributed by atoms with van der Waals surface area (Å²) >= 11 is 0.